The van der Waals surface area contributed by atoms with Crippen LogP contribution in [0.1, 0.15) is 23.1 Å². The maximum absolute atomic E-state index is 6.32. The summed E-state index contributed by atoms with van der Waals surface area (Å²) in [7, 11) is 1.67. The molecule has 0 spiro atoms. The first-order valence-electron chi connectivity index (χ1n) is 11.5. The molecule has 1 aliphatic carbocycles. The van der Waals surface area contributed by atoms with Gasteiger partial charge in [-0.05, 0) is 40.8 Å². The third-order valence-electron chi connectivity index (χ3n) is 5.95. The van der Waals surface area contributed by atoms with E-state index in [9.17, 15) is 0 Å². The van der Waals surface area contributed by atoms with E-state index in [-0.39, 0.29) is 12.0 Å². The second-order valence-electron chi connectivity index (χ2n) is 8.30. The summed E-state index contributed by atoms with van der Waals surface area (Å²) in [5, 5.41) is 0. The predicted octanol–water partition coefficient (Wildman–Crippen LogP) is 5.96. The molecule has 0 fully saturated rings. The Morgan fingerprint density at radius 1 is 0.667 bits per heavy atom. The molecule has 0 amide bonds. The van der Waals surface area contributed by atoms with E-state index in [4.69, 9.17) is 18.9 Å². The number of hydrogen-bond acceptors (Lipinski definition) is 4. The summed E-state index contributed by atoms with van der Waals surface area (Å²) in [6, 6.07) is 28.6. The fraction of sp³-hybridized carbons (Fsp3) is 0.310. The Balaban J connectivity index is 1.32. The summed E-state index contributed by atoms with van der Waals surface area (Å²) in [6.07, 6.45) is 3.24. The van der Waals surface area contributed by atoms with Crippen LogP contribution in [0, 0.1) is 5.92 Å². The van der Waals surface area contributed by atoms with Crippen molar-refractivity contribution >= 4 is 0 Å². The SMILES string of the molecule is COc1ccc(COCC2=CC[C@H](OCc3ccccc3)[C@H]2COCc2ccccc2)cc1. The Hall–Kier alpha value is -2.92. The van der Waals surface area contributed by atoms with Crippen LogP contribution in [0.15, 0.2) is 96.6 Å². The third-order valence-corrected chi connectivity index (χ3v) is 5.95. The molecule has 3 aromatic rings. The maximum atomic E-state index is 6.32. The zero-order valence-corrected chi connectivity index (χ0v) is 19.2. The van der Waals surface area contributed by atoms with Gasteiger partial charge in [-0.25, -0.2) is 0 Å². The number of methoxy groups -OCH3 is 1. The number of ether oxygens (including phenoxy) is 4. The summed E-state index contributed by atoms with van der Waals surface area (Å²) >= 11 is 0. The monoisotopic (exact) mass is 444 g/mol. The minimum absolute atomic E-state index is 0.0977. The molecule has 4 heteroatoms. The van der Waals surface area contributed by atoms with Crippen molar-refractivity contribution in [3.05, 3.63) is 113 Å². The van der Waals surface area contributed by atoms with Crippen LogP contribution in [0.3, 0.4) is 0 Å². The van der Waals surface area contributed by atoms with Gasteiger partial charge in [-0.15, -0.1) is 0 Å². The molecule has 3 aromatic carbocycles. The quantitative estimate of drug-likeness (QED) is 0.323. The van der Waals surface area contributed by atoms with Crippen LogP contribution >= 0.6 is 0 Å². The van der Waals surface area contributed by atoms with Crippen LogP contribution in [0.4, 0.5) is 0 Å². The lowest BCUT2D eigenvalue weighted by Crippen LogP contribution is -2.26. The molecule has 1 aliphatic rings. The second-order valence-corrected chi connectivity index (χ2v) is 8.30. The first-order valence-corrected chi connectivity index (χ1v) is 11.5. The summed E-state index contributed by atoms with van der Waals surface area (Å²) in [5.74, 6) is 1.04. The highest BCUT2D eigenvalue weighted by molar-refractivity contribution is 5.27. The molecule has 0 unspecified atom stereocenters. The van der Waals surface area contributed by atoms with Crippen molar-refractivity contribution in [3.8, 4) is 5.75 Å². The van der Waals surface area contributed by atoms with Crippen molar-refractivity contribution in [3.63, 3.8) is 0 Å². The van der Waals surface area contributed by atoms with Crippen LogP contribution in [-0.4, -0.2) is 26.4 Å². The van der Waals surface area contributed by atoms with Gasteiger partial charge in [-0.1, -0.05) is 78.9 Å². The van der Waals surface area contributed by atoms with Gasteiger partial charge in [-0.3, -0.25) is 0 Å². The molecule has 0 N–H and O–H groups in total. The molecular weight excluding hydrogens is 412 g/mol. The van der Waals surface area contributed by atoms with E-state index in [1.54, 1.807) is 7.11 Å². The van der Waals surface area contributed by atoms with E-state index < -0.39 is 0 Å². The average molecular weight is 445 g/mol. The van der Waals surface area contributed by atoms with Gasteiger partial charge in [0.25, 0.3) is 0 Å². The Bertz CT molecular complexity index is 983. The molecule has 172 valence electrons. The molecule has 0 radical (unpaired) electrons. The van der Waals surface area contributed by atoms with Gasteiger partial charge in [0.1, 0.15) is 5.75 Å². The summed E-state index contributed by atoms with van der Waals surface area (Å²) in [5.41, 5.74) is 4.75. The summed E-state index contributed by atoms with van der Waals surface area (Å²) in [4.78, 5) is 0. The van der Waals surface area contributed by atoms with Gasteiger partial charge >= 0.3 is 0 Å². The van der Waals surface area contributed by atoms with E-state index in [1.807, 2.05) is 60.7 Å². The van der Waals surface area contributed by atoms with E-state index in [0.717, 1.165) is 17.7 Å². The molecular formula is C29H32O4. The normalized spacial score (nSPS) is 17.7. The molecule has 2 atom stereocenters. The van der Waals surface area contributed by atoms with Gasteiger partial charge < -0.3 is 18.9 Å². The van der Waals surface area contributed by atoms with Gasteiger partial charge in [0.05, 0.1) is 46.2 Å². The van der Waals surface area contributed by atoms with E-state index in [2.05, 4.69) is 30.3 Å². The third kappa shape index (κ3) is 7.03. The largest absolute Gasteiger partial charge is 0.497 e. The molecule has 33 heavy (non-hydrogen) atoms. The highest BCUT2D eigenvalue weighted by Crippen LogP contribution is 2.31. The van der Waals surface area contributed by atoms with Crippen molar-refractivity contribution in [2.45, 2.75) is 32.3 Å². The highest BCUT2D eigenvalue weighted by Gasteiger charge is 2.31. The lowest BCUT2D eigenvalue weighted by molar-refractivity contribution is -0.0174. The van der Waals surface area contributed by atoms with Crippen LogP contribution < -0.4 is 4.74 Å². The minimum atomic E-state index is 0.0977. The number of rotatable bonds is 12. The fourth-order valence-electron chi connectivity index (χ4n) is 4.05. The maximum Gasteiger partial charge on any atom is 0.118 e. The van der Waals surface area contributed by atoms with Crippen LogP contribution in [-0.2, 0) is 34.0 Å². The Morgan fingerprint density at radius 3 is 1.94 bits per heavy atom. The first-order chi connectivity index (χ1) is 16.3. The molecule has 0 saturated carbocycles. The Labute approximate surface area is 196 Å². The molecule has 0 saturated heterocycles. The predicted molar refractivity (Wildman–Crippen MR) is 130 cm³/mol. The van der Waals surface area contributed by atoms with E-state index in [1.165, 1.54) is 16.7 Å². The lowest BCUT2D eigenvalue weighted by Gasteiger charge is -2.24. The van der Waals surface area contributed by atoms with Gasteiger partial charge in [0, 0.05) is 5.92 Å². The van der Waals surface area contributed by atoms with Crippen LogP contribution in [0.5, 0.6) is 5.75 Å². The molecule has 4 nitrogen and oxygen atoms in total. The number of benzene rings is 3. The van der Waals surface area contributed by atoms with Crippen molar-refractivity contribution in [1.29, 1.82) is 0 Å². The van der Waals surface area contributed by atoms with Crippen molar-refractivity contribution < 1.29 is 18.9 Å². The average Bonchev–Trinajstić information content (AvgIpc) is 3.26. The Morgan fingerprint density at radius 2 is 1.27 bits per heavy atom. The molecule has 0 bridgehead atoms. The zero-order chi connectivity index (χ0) is 22.7. The van der Waals surface area contributed by atoms with Crippen molar-refractivity contribution in [2.75, 3.05) is 20.3 Å². The van der Waals surface area contributed by atoms with Gasteiger partial charge in [0.15, 0.2) is 0 Å². The van der Waals surface area contributed by atoms with E-state index >= 15 is 0 Å². The van der Waals surface area contributed by atoms with Crippen LogP contribution in [0.25, 0.3) is 0 Å². The lowest BCUT2D eigenvalue weighted by atomic mass is 10.0. The first kappa shape index (κ1) is 23.2. The minimum Gasteiger partial charge on any atom is -0.497 e. The molecule has 0 aromatic heterocycles. The van der Waals surface area contributed by atoms with E-state index in [0.29, 0.717) is 33.0 Å². The van der Waals surface area contributed by atoms with Crippen LogP contribution in [0.2, 0.25) is 0 Å². The number of hydrogen-bond donors (Lipinski definition) is 0. The molecule has 0 aliphatic heterocycles. The zero-order valence-electron chi connectivity index (χ0n) is 19.2. The molecule has 4 rings (SSSR count). The summed E-state index contributed by atoms with van der Waals surface area (Å²) in [6.45, 7) is 2.97. The fourth-order valence-corrected chi connectivity index (χ4v) is 4.05. The van der Waals surface area contributed by atoms with Crippen molar-refractivity contribution in [2.24, 2.45) is 5.92 Å². The Kier molecular flexibility index (Phi) is 8.70. The highest BCUT2D eigenvalue weighted by atomic mass is 16.5. The van der Waals surface area contributed by atoms with Crippen molar-refractivity contribution in [1.82, 2.24) is 0 Å². The smallest absolute Gasteiger partial charge is 0.118 e. The standard InChI is InChI=1S/C29H32O4/c1-30-27-15-12-25(13-16-27)19-31-21-26-14-17-29(33-20-24-10-6-3-7-11-24)28(26)22-32-18-23-8-4-2-5-9-23/h2-16,28-29H,17-22H2,1H3/t28-,29-/m0/s1. The van der Waals surface area contributed by atoms with Gasteiger partial charge in [0.2, 0.25) is 0 Å². The molecule has 0 heterocycles. The topological polar surface area (TPSA) is 36.9 Å². The van der Waals surface area contributed by atoms with Gasteiger partial charge in [-0.2, -0.15) is 0 Å². The summed E-state index contributed by atoms with van der Waals surface area (Å²) < 4.78 is 23.7. The second kappa shape index (κ2) is 12.4.